The van der Waals surface area contributed by atoms with E-state index in [4.69, 9.17) is 4.52 Å². The molecule has 1 aromatic heterocycles. The first-order valence-corrected chi connectivity index (χ1v) is 7.52. The number of nitrogens with zero attached hydrogens (tertiary/aromatic N) is 2. The summed E-state index contributed by atoms with van der Waals surface area (Å²) in [5.41, 5.74) is 2.51. The Labute approximate surface area is 131 Å². The van der Waals surface area contributed by atoms with Gasteiger partial charge in [0.05, 0.1) is 6.04 Å². The number of anilines is 1. The van der Waals surface area contributed by atoms with E-state index in [1.54, 1.807) is 13.0 Å². The highest BCUT2D eigenvalue weighted by atomic mass is 16.5. The minimum absolute atomic E-state index is 0.0963. The molecule has 1 aromatic carbocycles. The number of nitrogens with one attached hydrogen (secondary N) is 1. The second kappa shape index (κ2) is 7.22. The molecule has 0 saturated carbocycles. The first-order valence-electron chi connectivity index (χ1n) is 7.52. The van der Waals surface area contributed by atoms with E-state index in [0.717, 1.165) is 13.0 Å². The summed E-state index contributed by atoms with van der Waals surface area (Å²) in [4.78, 5) is 14.2. The van der Waals surface area contributed by atoms with Gasteiger partial charge in [0.1, 0.15) is 5.76 Å². The van der Waals surface area contributed by atoms with Gasteiger partial charge in [0.25, 0.3) is 0 Å². The Morgan fingerprint density at radius 1 is 1.32 bits per heavy atom. The van der Waals surface area contributed by atoms with Crippen LogP contribution < -0.4 is 5.32 Å². The summed E-state index contributed by atoms with van der Waals surface area (Å²) in [6, 6.07) is 9.93. The van der Waals surface area contributed by atoms with Crippen LogP contribution in [0.4, 0.5) is 5.82 Å². The zero-order chi connectivity index (χ0) is 16.1. The molecule has 1 amide bonds. The number of likely N-dealkylation sites (N-methyl/N-ethyl adjacent to an activating group) is 1. The molecule has 0 aliphatic rings. The highest BCUT2D eigenvalue weighted by Crippen LogP contribution is 2.12. The lowest BCUT2D eigenvalue weighted by molar-refractivity contribution is -0.120. The molecule has 5 heteroatoms. The van der Waals surface area contributed by atoms with E-state index < -0.39 is 0 Å². The van der Waals surface area contributed by atoms with Crippen LogP contribution in [0.1, 0.15) is 30.7 Å². The van der Waals surface area contributed by atoms with Crippen LogP contribution >= 0.6 is 0 Å². The third-order valence-corrected chi connectivity index (χ3v) is 3.78. The molecule has 0 bridgehead atoms. The van der Waals surface area contributed by atoms with Crippen LogP contribution in [0.3, 0.4) is 0 Å². The highest BCUT2D eigenvalue weighted by Gasteiger charge is 2.19. The number of hydrogen-bond donors (Lipinski definition) is 1. The predicted octanol–water partition coefficient (Wildman–Crippen LogP) is 3.00. The van der Waals surface area contributed by atoms with Crippen molar-refractivity contribution < 1.29 is 9.32 Å². The van der Waals surface area contributed by atoms with Crippen LogP contribution in [-0.4, -0.2) is 29.1 Å². The van der Waals surface area contributed by atoms with E-state index in [0.29, 0.717) is 11.6 Å². The Morgan fingerprint density at radius 3 is 2.50 bits per heavy atom. The molecule has 118 valence electrons. The fraction of sp³-hybridized carbons (Fsp3) is 0.412. The van der Waals surface area contributed by atoms with Gasteiger partial charge in [-0.15, -0.1) is 0 Å². The second-order valence-electron chi connectivity index (χ2n) is 5.57. The number of benzene rings is 1. The standard InChI is InChI=1S/C17H23N3O2/c1-5-14-6-8-15(9-7-14)11-20(4)13(3)17(21)18-16-10-12(2)22-19-16/h6-10,13H,5,11H2,1-4H3,(H,18,19,21). The van der Waals surface area contributed by atoms with Crippen molar-refractivity contribution in [3.8, 4) is 0 Å². The fourth-order valence-corrected chi connectivity index (χ4v) is 2.16. The Kier molecular flexibility index (Phi) is 5.33. The number of carbonyl (C=O) groups excluding carboxylic acids is 1. The quantitative estimate of drug-likeness (QED) is 0.891. The smallest absolute Gasteiger partial charge is 0.242 e. The Balaban J connectivity index is 1.92. The number of aryl methyl sites for hydroxylation is 2. The lowest BCUT2D eigenvalue weighted by Gasteiger charge is -2.23. The van der Waals surface area contributed by atoms with Crippen LogP contribution in [-0.2, 0) is 17.8 Å². The van der Waals surface area contributed by atoms with E-state index in [1.165, 1.54) is 11.1 Å². The monoisotopic (exact) mass is 301 g/mol. The summed E-state index contributed by atoms with van der Waals surface area (Å²) in [5, 5.41) is 6.54. The first-order chi connectivity index (χ1) is 10.5. The van der Waals surface area contributed by atoms with E-state index >= 15 is 0 Å². The van der Waals surface area contributed by atoms with Gasteiger partial charge in [-0.2, -0.15) is 0 Å². The van der Waals surface area contributed by atoms with E-state index in [1.807, 2.05) is 18.9 Å². The summed E-state index contributed by atoms with van der Waals surface area (Å²) < 4.78 is 4.94. The molecule has 0 spiro atoms. The van der Waals surface area contributed by atoms with Crippen molar-refractivity contribution in [3.63, 3.8) is 0 Å². The van der Waals surface area contributed by atoms with Gasteiger partial charge >= 0.3 is 0 Å². The molecule has 1 N–H and O–H groups in total. The number of rotatable bonds is 6. The van der Waals surface area contributed by atoms with Crippen molar-refractivity contribution in [2.24, 2.45) is 0 Å². The molecule has 1 heterocycles. The summed E-state index contributed by atoms with van der Waals surface area (Å²) in [6.07, 6.45) is 1.03. The Morgan fingerprint density at radius 2 is 1.95 bits per heavy atom. The van der Waals surface area contributed by atoms with Crippen LogP contribution in [0.5, 0.6) is 0 Å². The lowest BCUT2D eigenvalue weighted by atomic mass is 10.1. The first kappa shape index (κ1) is 16.2. The van der Waals surface area contributed by atoms with Crippen molar-refractivity contribution in [1.29, 1.82) is 0 Å². The molecular weight excluding hydrogens is 278 g/mol. The SMILES string of the molecule is CCc1ccc(CN(C)C(C)C(=O)Nc2cc(C)on2)cc1. The zero-order valence-electron chi connectivity index (χ0n) is 13.6. The number of carbonyl (C=O) groups is 1. The topological polar surface area (TPSA) is 58.4 Å². The van der Waals surface area contributed by atoms with Gasteiger partial charge in [0.2, 0.25) is 5.91 Å². The molecule has 0 saturated heterocycles. The second-order valence-corrected chi connectivity index (χ2v) is 5.57. The average molecular weight is 301 g/mol. The van der Waals surface area contributed by atoms with Crippen LogP contribution in [0.25, 0.3) is 0 Å². The predicted molar refractivity (Wildman–Crippen MR) is 86.6 cm³/mol. The molecule has 2 aromatic rings. The van der Waals surface area contributed by atoms with Gasteiger partial charge in [-0.1, -0.05) is 36.3 Å². The van der Waals surface area contributed by atoms with Crippen molar-refractivity contribution in [1.82, 2.24) is 10.1 Å². The van der Waals surface area contributed by atoms with E-state index in [2.05, 4.69) is 41.7 Å². The molecule has 0 fully saturated rings. The average Bonchev–Trinajstić information content (AvgIpc) is 2.92. The summed E-state index contributed by atoms with van der Waals surface area (Å²) >= 11 is 0. The van der Waals surface area contributed by atoms with Gasteiger partial charge in [-0.05, 0) is 38.4 Å². The van der Waals surface area contributed by atoms with Gasteiger partial charge in [0, 0.05) is 12.6 Å². The summed E-state index contributed by atoms with van der Waals surface area (Å²) in [5.74, 6) is 1.03. The molecule has 1 unspecified atom stereocenters. The van der Waals surface area contributed by atoms with Gasteiger partial charge in [-0.3, -0.25) is 9.69 Å². The van der Waals surface area contributed by atoms with Gasteiger partial charge in [0.15, 0.2) is 5.82 Å². The highest BCUT2D eigenvalue weighted by molar-refractivity contribution is 5.93. The van der Waals surface area contributed by atoms with Crippen LogP contribution in [0.2, 0.25) is 0 Å². The lowest BCUT2D eigenvalue weighted by Crippen LogP contribution is -2.39. The Bertz CT molecular complexity index is 619. The molecule has 0 radical (unpaired) electrons. The van der Waals surface area contributed by atoms with E-state index in [9.17, 15) is 4.79 Å². The maximum atomic E-state index is 12.2. The number of amides is 1. The largest absolute Gasteiger partial charge is 0.360 e. The van der Waals surface area contributed by atoms with Crippen molar-refractivity contribution in [2.75, 3.05) is 12.4 Å². The molecule has 0 aliphatic heterocycles. The zero-order valence-corrected chi connectivity index (χ0v) is 13.6. The minimum atomic E-state index is -0.261. The van der Waals surface area contributed by atoms with Gasteiger partial charge in [-0.25, -0.2) is 0 Å². The van der Waals surface area contributed by atoms with Crippen LogP contribution in [0, 0.1) is 6.92 Å². The normalized spacial score (nSPS) is 12.4. The maximum absolute atomic E-state index is 12.2. The van der Waals surface area contributed by atoms with Gasteiger partial charge < -0.3 is 9.84 Å². The molecular formula is C17H23N3O2. The molecule has 1 atom stereocenters. The number of aromatic nitrogens is 1. The molecule has 0 aliphatic carbocycles. The Hall–Kier alpha value is -2.14. The van der Waals surface area contributed by atoms with E-state index in [-0.39, 0.29) is 11.9 Å². The summed E-state index contributed by atoms with van der Waals surface area (Å²) in [6.45, 7) is 6.52. The van der Waals surface area contributed by atoms with Crippen molar-refractivity contribution >= 4 is 11.7 Å². The minimum Gasteiger partial charge on any atom is -0.360 e. The summed E-state index contributed by atoms with van der Waals surface area (Å²) in [7, 11) is 1.94. The van der Waals surface area contributed by atoms with Crippen molar-refractivity contribution in [3.05, 3.63) is 47.2 Å². The van der Waals surface area contributed by atoms with Crippen LogP contribution in [0.15, 0.2) is 34.9 Å². The van der Waals surface area contributed by atoms with Crippen molar-refractivity contribution in [2.45, 2.75) is 39.8 Å². The maximum Gasteiger partial charge on any atom is 0.242 e. The fourth-order valence-electron chi connectivity index (χ4n) is 2.16. The third kappa shape index (κ3) is 4.18. The molecule has 22 heavy (non-hydrogen) atoms. The number of hydrogen-bond acceptors (Lipinski definition) is 4. The third-order valence-electron chi connectivity index (χ3n) is 3.78. The molecule has 2 rings (SSSR count). The molecule has 5 nitrogen and oxygen atoms in total.